The van der Waals surface area contributed by atoms with Crippen molar-refractivity contribution in [2.24, 2.45) is 22.2 Å². The first kappa shape index (κ1) is 26.5. The molecule has 0 aliphatic carbocycles. The first-order valence-electron chi connectivity index (χ1n) is 8.72. The second-order valence-electron chi connectivity index (χ2n) is 6.01. The second kappa shape index (κ2) is 13.7. The Morgan fingerprint density at radius 3 is 1.93 bits per heavy atom. The SMILES string of the molecule is NCC(=O)NC(CC(=O)O)C(=O)NC(CCCN=C(N)N)C(=O)NC(CO)C(=O)O. The van der Waals surface area contributed by atoms with Crippen molar-refractivity contribution in [2.75, 3.05) is 19.7 Å². The molecule has 0 aliphatic heterocycles. The summed E-state index contributed by atoms with van der Waals surface area (Å²) in [5.74, 6) is -5.85. The Kier molecular flexibility index (Phi) is 12.1. The zero-order chi connectivity index (χ0) is 23.3. The monoisotopic (exact) mass is 433 g/mol. The Hall–Kier alpha value is -3.46. The molecule has 15 nitrogen and oxygen atoms in total. The van der Waals surface area contributed by atoms with Crippen LogP contribution in [0.4, 0.5) is 0 Å². The van der Waals surface area contributed by atoms with E-state index in [9.17, 15) is 24.0 Å². The number of carbonyl (C=O) groups is 5. The highest BCUT2D eigenvalue weighted by molar-refractivity contribution is 5.95. The predicted octanol–water partition coefficient (Wildman–Crippen LogP) is -5.00. The number of hydrogen-bond donors (Lipinski definition) is 9. The number of carboxylic acid groups (broad SMARTS) is 2. The van der Waals surface area contributed by atoms with Crippen LogP contribution in [0.25, 0.3) is 0 Å². The maximum absolute atomic E-state index is 12.4. The molecule has 0 saturated heterocycles. The molecule has 12 N–H and O–H groups in total. The highest BCUT2D eigenvalue weighted by atomic mass is 16.4. The summed E-state index contributed by atoms with van der Waals surface area (Å²) in [4.78, 5) is 61.9. The fourth-order valence-electron chi connectivity index (χ4n) is 2.14. The lowest BCUT2D eigenvalue weighted by Gasteiger charge is -2.23. The molecular weight excluding hydrogens is 406 g/mol. The maximum Gasteiger partial charge on any atom is 0.328 e. The molecule has 0 heterocycles. The van der Waals surface area contributed by atoms with Gasteiger partial charge in [0.1, 0.15) is 18.1 Å². The lowest BCUT2D eigenvalue weighted by atomic mass is 10.1. The number of nitrogens with two attached hydrogens (primary N) is 3. The minimum Gasteiger partial charge on any atom is -0.481 e. The van der Waals surface area contributed by atoms with Gasteiger partial charge in [-0.1, -0.05) is 0 Å². The minimum absolute atomic E-state index is 0.0588. The van der Waals surface area contributed by atoms with Crippen molar-refractivity contribution in [2.45, 2.75) is 37.4 Å². The number of hydrogen-bond acceptors (Lipinski definition) is 8. The van der Waals surface area contributed by atoms with Crippen molar-refractivity contribution in [3.8, 4) is 0 Å². The summed E-state index contributed by atoms with van der Waals surface area (Å²) in [5.41, 5.74) is 15.5. The minimum atomic E-state index is -1.62. The molecule has 0 fully saturated rings. The third kappa shape index (κ3) is 10.8. The number of aliphatic imine (C=N–C) groups is 1. The van der Waals surface area contributed by atoms with Crippen molar-refractivity contribution < 1.29 is 39.3 Å². The second-order valence-corrected chi connectivity index (χ2v) is 6.01. The van der Waals surface area contributed by atoms with Gasteiger partial charge in [0, 0.05) is 6.54 Å². The first-order chi connectivity index (χ1) is 14.0. The van der Waals surface area contributed by atoms with Crippen LogP contribution in [0.15, 0.2) is 4.99 Å². The normalized spacial score (nSPS) is 13.3. The summed E-state index contributed by atoms with van der Waals surface area (Å²) in [6.07, 6.45) is -0.656. The van der Waals surface area contributed by atoms with E-state index in [2.05, 4.69) is 15.6 Å². The van der Waals surface area contributed by atoms with E-state index in [4.69, 9.17) is 32.5 Å². The molecule has 0 aromatic rings. The van der Waals surface area contributed by atoms with Crippen LogP contribution >= 0.6 is 0 Å². The van der Waals surface area contributed by atoms with Crippen molar-refractivity contribution in [3.63, 3.8) is 0 Å². The van der Waals surface area contributed by atoms with Gasteiger partial charge < -0.3 is 48.5 Å². The maximum atomic E-state index is 12.4. The van der Waals surface area contributed by atoms with E-state index in [1.54, 1.807) is 0 Å². The van der Waals surface area contributed by atoms with Gasteiger partial charge in [-0.15, -0.1) is 0 Å². The summed E-state index contributed by atoms with van der Waals surface area (Å²) < 4.78 is 0. The fraction of sp³-hybridized carbons (Fsp3) is 0.600. The summed E-state index contributed by atoms with van der Waals surface area (Å²) in [6.45, 7) is -1.31. The molecule has 3 atom stereocenters. The first-order valence-corrected chi connectivity index (χ1v) is 8.72. The van der Waals surface area contributed by atoms with E-state index in [0.29, 0.717) is 0 Å². The number of guanidine groups is 1. The summed E-state index contributed by atoms with van der Waals surface area (Å²) in [6, 6.07) is -4.48. The van der Waals surface area contributed by atoms with Gasteiger partial charge in [-0.3, -0.25) is 24.2 Å². The quantitative estimate of drug-likeness (QED) is 0.0710. The highest BCUT2D eigenvalue weighted by Gasteiger charge is 2.30. The van der Waals surface area contributed by atoms with Crippen LogP contribution in [0.5, 0.6) is 0 Å². The third-order valence-electron chi connectivity index (χ3n) is 3.59. The van der Waals surface area contributed by atoms with E-state index in [1.807, 2.05) is 5.32 Å². The van der Waals surface area contributed by atoms with Gasteiger partial charge in [0.05, 0.1) is 19.6 Å². The predicted molar refractivity (Wildman–Crippen MR) is 102 cm³/mol. The molecule has 0 saturated carbocycles. The lowest BCUT2D eigenvalue weighted by molar-refractivity contribution is -0.144. The summed E-state index contributed by atoms with van der Waals surface area (Å²) in [7, 11) is 0. The molecule has 30 heavy (non-hydrogen) atoms. The molecular formula is C15H27N7O8. The Bertz CT molecular complexity index is 665. The van der Waals surface area contributed by atoms with E-state index in [0.717, 1.165) is 0 Å². The molecule has 3 unspecified atom stereocenters. The van der Waals surface area contributed by atoms with Gasteiger partial charge in [-0.05, 0) is 12.8 Å². The number of aliphatic hydroxyl groups is 1. The number of nitrogens with zero attached hydrogens (tertiary/aromatic N) is 1. The molecule has 0 rings (SSSR count). The molecule has 0 aromatic heterocycles. The summed E-state index contributed by atoms with van der Waals surface area (Å²) in [5, 5.41) is 33.3. The van der Waals surface area contributed by atoms with Gasteiger partial charge in [0.25, 0.3) is 0 Å². The number of rotatable bonds is 14. The van der Waals surface area contributed by atoms with Crippen LogP contribution in [0.2, 0.25) is 0 Å². The van der Waals surface area contributed by atoms with Crippen molar-refractivity contribution in [1.82, 2.24) is 16.0 Å². The van der Waals surface area contributed by atoms with Crippen LogP contribution in [0.1, 0.15) is 19.3 Å². The largest absolute Gasteiger partial charge is 0.481 e. The third-order valence-corrected chi connectivity index (χ3v) is 3.59. The number of nitrogens with one attached hydrogen (secondary N) is 3. The number of amides is 3. The molecule has 15 heteroatoms. The zero-order valence-electron chi connectivity index (χ0n) is 16.0. The smallest absolute Gasteiger partial charge is 0.328 e. The topological polar surface area (TPSA) is 273 Å². The molecule has 0 bridgehead atoms. The number of aliphatic carboxylic acids is 2. The number of aliphatic hydroxyl groups excluding tert-OH is 1. The highest BCUT2D eigenvalue weighted by Crippen LogP contribution is 2.03. The van der Waals surface area contributed by atoms with Crippen molar-refractivity contribution in [1.29, 1.82) is 0 Å². The average molecular weight is 433 g/mol. The van der Waals surface area contributed by atoms with Gasteiger partial charge in [0.2, 0.25) is 17.7 Å². The van der Waals surface area contributed by atoms with E-state index in [1.165, 1.54) is 0 Å². The lowest BCUT2D eigenvalue weighted by Crippen LogP contribution is -2.57. The molecule has 0 spiro atoms. The Morgan fingerprint density at radius 1 is 0.900 bits per heavy atom. The molecule has 0 aliphatic rings. The van der Waals surface area contributed by atoms with Crippen LogP contribution < -0.4 is 33.2 Å². The summed E-state index contributed by atoms with van der Waals surface area (Å²) >= 11 is 0. The Balaban J connectivity index is 5.37. The zero-order valence-corrected chi connectivity index (χ0v) is 16.0. The molecule has 170 valence electrons. The van der Waals surface area contributed by atoms with Gasteiger partial charge in [-0.25, -0.2) is 4.79 Å². The van der Waals surface area contributed by atoms with Crippen molar-refractivity contribution >= 4 is 35.6 Å². The van der Waals surface area contributed by atoms with Gasteiger partial charge in [0.15, 0.2) is 5.96 Å². The number of carbonyl (C=O) groups excluding carboxylic acids is 3. The van der Waals surface area contributed by atoms with E-state index >= 15 is 0 Å². The van der Waals surface area contributed by atoms with E-state index < -0.39 is 67.4 Å². The molecule has 0 radical (unpaired) electrons. The standard InChI is InChI=1S/C15H27N7O8/c16-5-10(24)20-8(4-11(25)26)13(28)21-7(2-1-3-19-15(17)18)12(27)22-9(6-23)14(29)30/h7-9,23H,1-6,16H2,(H,20,24)(H,21,28)(H,22,27)(H,25,26)(H,29,30)(H4,17,18,19). The van der Waals surface area contributed by atoms with E-state index in [-0.39, 0.29) is 25.3 Å². The number of carboxylic acids is 2. The van der Waals surface area contributed by atoms with Crippen molar-refractivity contribution in [3.05, 3.63) is 0 Å². The van der Waals surface area contributed by atoms with Crippen LogP contribution in [0.3, 0.4) is 0 Å². The Labute approximate surface area is 171 Å². The Morgan fingerprint density at radius 2 is 1.47 bits per heavy atom. The molecule has 0 aromatic carbocycles. The average Bonchev–Trinajstić information content (AvgIpc) is 2.66. The van der Waals surface area contributed by atoms with Crippen LogP contribution in [-0.2, 0) is 24.0 Å². The van der Waals surface area contributed by atoms with Crippen LogP contribution in [0, 0.1) is 0 Å². The fourth-order valence-corrected chi connectivity index (χ4v) is 2.14. The van der Waals surface area contributed by atoms with Gasteiger partial charge in [-0.2, -0.15) is 0 Å². The van der Waals surface area contributed by atoms with Gasteiger partial charge >= 0.3 is 11.9 Å². The molecule has 3 amide bonds. The van der Waals surface area contributed by atoms with Crippen LogP contribution in [-0.4, -0.2) is 88.8 Å².